The molecular formula is C9H11N3O2S2. The lowest BCUT2D eigenvalue weighted by Gasteiger charge is -2.05. The van der Waals surface area contributed by atoms with Crippen LogP contribution in [0.3, 0.4) is 0 Å². The summed E-state index contributed by atoms with van der Waals surface area (Å²) in [6.07, 6.45) is -0.756. The van der Waals surface area contributed by atoms with Crippen LogP contribution in [-0.4, -0.2) is 38.6 Å². The van der Waals surface area contributed by atoms with E-state index in [2.05, 4.69) is 9.97 Å². The molecule has 0 spiro atoms. The van der Waals surface area contributed by atoms with Crippen molar-refractivity contribution in [2.45, 2.75) is 11.3 Å². The highest BCUT2D eigenvalue weighted by Crippen LogP contribution is 2.26. The van der Waals surface area contributed by atoms with Crippen LogP contribution in [0.25, 0.3) is 10.2 Å². The molecule has 0 aliphatic carbocycles. The number of anilines is 1. The molecule has 2 heterocycles. The molecule has 4 N–H and O–H groups in total. The third-order valence-corrected chi connectivity index (χ3v) is 3.75. The van der Waals surface area contributed by atoms with Crippen molar-refractivity contribution in [2.24, 2.45) is 0 Å². The average Bonchev–Trinajstić information content (AvgIpc) is 2.74. The van der Waals surface area contributed by atoms with E-state index in [0.717, 1.165) is 10.2 Å². The van der Waals surface area contributed by atoms with Crippen LogP contribution in [0.2, 0.25) is 0 Å². The van der Waals surface area contributed by atoms with Crippen molar-refractivity contribution >= 4 is 39.1 Å². The Morgan fingerprint density at radius 3 is 3.06 bits per heavy atom. The Morgan fingerprint density at radius 2 is 2.31 bits per heavy atom. The van der Waals surface area contributed by atoms with Gasteiger partial charge >= 0.3 is 0 Å². The summed E-state index contributed by atoms with van der Waals surface area (Å²) in [5.41, 5.74) is 5.77. The summed E-state index contributed by atoms with van der Waals surface area (Å²) in [7, 11) is 0. The fourth-order valence-electron chi connectivity index (χ4n) is 1.15. The largest absolute Gasteiger partial charge is 0.394 e. The lowest BCUT2D eigenvalue weighted by atomic mass is 10.4. The number of fused-ring (bicyclic) bond motifs is 1. The van der Waals surface area contributed by atoms with Gasteiger partial charge < -0.3 is 15.9 Å². The molecule has 2 aromatic heterocycles. The molecule has 0 fully saturated rings. The number of hydrogen-bond donors (Lipinski definition) is 3. The molecule has 2 rings (SSSR count). The van der Waals surface area contributed by atoms with E-state index in [1.165, 1.54) is 23.1 Å². The molecule has 86 valence electrons. The maximum absolute atomic E-state index is 9.21. The van der Waals surface area contributed by atoms with E-state index in [9.17, 15) is 5.11 Å². The van der Waals surface area contributed by atoms with Gasteiger partial charge in [0.1, 0.15) is 10.6 Å². The van der Waals surface area contributed by atoms with Crippen molar-refractivity contribution < 1.29 is 10.2 Å². The number of aliphatic hydroxyl groups excluding tert-OH is 2. The van der Waals surface area contributed by atoms with E-state index < -0.39 is 6.10 Å². The molecular weight excluding hydrogens is 246 g/mol. The molecule has 1 atom stereocenters. The lowest BCUT2D eigenvalue weighted by Crippen LogP contribution is -2.14. The van der Waals surface area contributed by atoms with Crippen LogP contribution in [0.4, 0.5) is 5.82 Å². The van der Waals surface area contributed by atoms with Gasteiger partial charge in [-0.2, -0.15) is 0 Å². The first kappa shape index (κ1) is 11.6. The van der Waals surface area contributed by atoms with Gasteiger partial charge in [0.25, 0.3) is 0 Å². The second kappa shape index (κ2) is 4.96. The van der Waals surface area contributed by atoms with E-state index in [-0.39, 0.29) is 6.61 Å². The standard InChI is InChI=1S/C9H11N3O2S2/c10-7-6-1-2-15-8(6)12-9(11-7)16-4-5(14)3-13/h1-2,5,13-14H,3-4H2,(H2,10,11,12). The van der Waals surface area contributed by atoms with E-state index in [4.69, 9.17) is 10.8 Å². The maximum atomic E-state index is 9.21. The molecule has 0 saturated heterocycles. The van der Waals surface area contributed by atoms with Crippen LogP contribution in [0, 0.1) is 0 Å². The predicted octanol–water partition coefficient (Wildman–Crippen LogP) is 0.719. The highest BCUT2D eigenvalue weighted by Gasteiger charge is 2.09. The molecule has 0 bridgehead atoms. The number of nitrogens with zero attached hydrogens (tertiary/aromatic N) is 2. The zero-order valence-corrected chi connectivity index (χ0v) is 9.96. The number of aliphatic hydroxyl groups is 2. The first-order valence-electron chi connectivity index (χ1n) is 4.63. The minimum absolute atomic E-state index is 0.260. The number of thioether (sulfide) groups is 1. The Balaban J connectivity index is 2.18. The van der Waals surface area contributed by atoms with Crippen LogP contribution in [0.15, 0.2) is 16.6 Å². The van der Waals surface area contributed by atoms with Crippen LogP contribution in [-0.2, 0) is 0 Å². The molecule has 0 aromatic carbocycles. The van der Waals surface area contributed by atoms with Gasteiger partial charge in [0.2, 0.25) is 0 Å². The summed E-state index contributed by atoms with van der Waals surface area (Å²) >= 11 is 2.78. The zero-order chi connectivity index (χ0) is 11.5. The Morgan fingerprint density at radius 1 is 1.50 bits per heavy atom. The summed E-state index contributed by atoms with van der Waals surface area (Å²) in [4.78, 5) is 9.26. The monoisotopic (exact) mass is 257 g/mol. The van der Waals surface area contributed by atoms with Gasteiger partial charge in [-0.1, -0.05) is 11.8 Å². The minimum Gasteiger partial charge on any atom is -0.394 e. The smallest absolute Gasteiger partial charge is 0.190 e. The Kier molecular flexibility index (Phi) is 3.59. The van der Waals surface area contributed by atoms with E-state index in [0.29, 0.717) is 16.7 Å². The SMILES string of the molecule is Nc1nc(SCC(O)CO)nc2sccc12. The number of hydrogen-bond acceptors (Lipinski definition) is 7. The molecule has 7 heteroatoms. The molecule has 0 aliphatic heterocycles. The van der Waals surface area contributed by atoms with E-state index in [1.54, 1.807) is 0 Å². The summed E-state index contributed by atoms with van der Waals surface area (Å²) < 4.78 is 0. The molecule has 0 radical (unpaired) electrons. The zero-order valence-electron chi connectivity index (χ0n) is 8.33. The van der Waals surface area contributed by atoms with Crippen molar-refractivity contribution in [3.05, 3.63) is 11.4 Å². The Bertz CT molecular complexity index is 489. The molecule has 0 aliphatic rings. The molecule has 16 heavy (non-hydrogen) atoms. The lowest BCUT2D eigenvalue weighted by molar-refractivity contribution is 0.113. The quantitative estimate of drug-likeness (QED) is 0.552. The normalized spacial score (nSPS) is 13.1. The minimum atomic E-state index is -0.756. The van der Waals surface area contributed by atoms with Crippen molar-refractivity contribution in [3.63, 3.8) is 0 Å². The van der Waals surface area contributed by atoms with Crippen molar-refractivity contribution in [3.8, 4) is 0 Å². The number of rotatable bonds is 4. The van der Waals surface area contributed by atoms with Gasteiger partial charge in [0.05, 0.1) is 18.1 Å². The van der Waals surface area contributed by atoms with Gasteiger partial charge in [-0.25, -0.2) is 9.97 Å². The van der Waals surface area contributed by atoms with Gasteiger partial charge in [-0.15, -0.1) is 11.3 Å². The second-order valence-electron chi connectivity index (χ2n) is 3.18. The topological polar surface area (TPSA) is 92.3 Å². The summed E-state index contributed by atoms with van der Waals surface area (Å²) in [5.74, 6) is 0.805. The average molecular weight is 257 g/mol. The fraction of sp³-hybridized carbons (Fsp3) is 0.333. The maximum Gasteiger partial charge on any atom is 0.190 e. The van der Waals surface area contributed by atoms with Crippen LogP contribution >= 0.6 is 23.1 Å². The van der Waals surface area contributed by atoms with Gasteiger partial charge in [-0.3, -0.25) is 0 Å². The molecule has 1 unspecified atom stereocenters. The van der Waals surface area contributed by atoms with Crippen LogP contribution < -0.4 is 5.73 Å². The van der Waals surface area contributed by atoms with Crippen molar-refractivity contribution in [1.29, 1.82) is 0 Å². The second-order valence-corrected chi connectivity index (χ2v) is 5.06. The molecule has 0 amide bonds. The number of aromatic nitrogens is 2. The van der Waals surface area contributed by atoms with Gasteiger partial charge in [-0.05, 0) is 11.4 Å². The molecule has 5 nitrogen and oxygen atoms in total. The van der Waals surface area contributed by atoms with Crippen molar-refractivity contribution in [2.75, 3.05) is 18.1 Å². The first-order valence-corrected chi connectivity index (χ1v) is 6.49. The third kappa shape index (κ3) is 2.43. The summed E-state index contributed by atoms with van der Waals surface area (Å²) in [5, 5.41) is 21.2. The predicted molar refractivity (Wildman–Crippen MR) is 65.6 cm³/mol. The summed E-state index contributed by atoms with van der Waals surface area (Å²) in [6, 6.07) is 1.88. The van der Waals surface area contributed by atoms with Crippen molar-refractivity contribution in [1.82, 2.24) is 9.97 Å². The van der Waals surface area contributed by atoms with Crippen LogP contribution in [0.5, 0.6) is 0 Å². The molecule has 0 saturated carbocycles. The highest BCUT2D eigenvalue weighted by molar-refractivity contribution is 7.99. The molecule has 2 aromatic rings. The van der Waals surface area contributed by atoms with Gasteiger partial charge in [0, 0.05) is 5.75 Å². The number of nitrogens with two attached hydrogens (primary N) is 1. The fourth-order valence-corrected chi connectivity index (χ4v) is 2.74. The third-order valence-electron chi connectivity index (χ3n) is 1.95. The van der Waals surface area contributed by atoms with Crippen LogP contribution in [0.1, 0.15) is 0 Å². The van der Waals surface area contributed by atoms with E-state index >= 15 is 0 Å². The highest BCUT2D eigenvalue weighted by atomic mass is 32.2. The Hall–Kier alpha value is -0.890. The number of thiophene rings is 1. The van der Waals surface area contributed by atoms with Gasteiger partial charge in [0.15, 0.2) is 5.16 Å². The Labute approximate surface area is 100 Å². The summed E-state index contributed by atoms with van der Waals surface area (Å²) in [6.45, 7) is -0.260. The van der Waals surface area contributed by atoms with E-state index in [1.807, 2.05) is 11.4 Å². The first-order chi connectivity index (χ1) is 7.70. The number of nitrogen functional groups attached to an aromatic ring is 1.